The first-order valence-corrected chi connectivity index (χ1v) is 19.1. The minimum Gasteiger partial charge on any atom is -0.456 e. The van der Waals surface area contributed by atoms with Gasteiger partial charge >= 0.3 is 0 Å². The van der Waals surface area contributed by atoms with Crippen LogP contribution in [0.1, 0.15) is 0 Å². The lowest BCUT2D eigenvalue weighted by molar-refractivity contribution is 0.669. The molecular formula is C51H31N5O. The third kappa shape index (κ3) is 4.81. The van der Waals surface area contributed by atoms with Crippen LogP contribution < -0.4 is 0 Å². The van der Waals surface area contributed by atoms with Crippen LogP contribution in [-0.4, -0.2) is 24.1 Å². The van der Waals surface area contributed by atoms with E-state index in [1.807, 2.05) is 66.7 Å². The lowest BCUT2D eigenvalue weighted by Gasteiger charge is -2.13. The number of hydrogen-bond acceptors (Lipinski definition) is 4. The summed E-state index contributed by atoms with van der Waals surface area (Å²) in [5, 5.41) is 6.97. The largest absolute Gasteiger partial charge is 0.456 e. The second kappa shape index (κ2) is 12.3. The van der Waals surface area contributed by atoms with Crippen molar-refractivity contribution in [2.45, 2.75) is 0 Å². The summed E-state index contributed by atoms with van der Waals surface area (Å²) in [7, 11) is 0. The molecule has 0 saturated heterocycles. The quantitative estimate of drug-likeness (QED) is 0.177. The molecule has 0 unspecified atom stereocenters. The first-order chi connectivity index (χ1) is 28.3. The fourth-order valence-electron chi connectivity index (χ4n) is 8.64. The standard InChI is InChI=1S/C51H31N5O/c1-4-14-32(15-5-1)49-52-50(33-16-6-2-7-17-33)54-51(53-49)34-24-26-36(27-25-34)55-42-22-12-10-20-37(42)38-28-29-40-39-30-31-44-45(41-21-11-13-23-43(41)57-44)46(39)56(48(40)47(38)55)35-18-8-3-9-19-35/h1-31H. The first kappa shape index (κ1) is 31.5. The molecule has 0 aliphatic rings. The second-order valence-corrected chi connectivity index (χ2v) is 14.4. The van der Waals surface area contributed by atoms with Gasteiger partial charge in [-0.1, -0.05) is 127 Å². The van der Waals surface area contributed by atoms with Gasteiger partial charge in [0.05, 0.1) is 27.5 Å². The van der Waals surface area contributed by atoms with Crippen LogP contribution in [0.15, 0.2) is 192 Å². The van der Waals surface area contributed by atoms with Gasteiger partial charge in [0.1, 0.15) is 11.2 Å². The van der Waals surface area contributed by atoms with E-state index in [4.69, 9.17) is 19.4 Å². The van der Waals surface area contributed by atoms with Crippen molar-refractivity contribution in [2.24, 2.45) is 0 Å². The number of aromatic nitrogens is 5. The van der Waals surface area contributed by atoms with Crippen LogP contribution in [-0.2, 0) is 0 Å². The number of furan rings is 1. The van der Waals surface area contributed by atoms with Gasteiger partial charge in [-0.15, -0.1) is 0 Å². The molecule has 0 radical (unpaired) electrons. The van der Waals surface area contributed by atoms with E-state index in [1.165, 1.54) is 21.5 Å². The molecule has 0 amide bonds. The molecule has 0 saturated carbocycles. The lowest BCUT2D eigenvalue weighted by atomic mass is 10.1. The van der Waals surface area contributed by atoms with E-state index in [2.05, 4.69) is 130 Å². The summed E-state index contributed by atoms with van der Waals surface area (Å²) in [5.41, 5.74) is 11.2. The van der Waals surface area contributed by atoms with E-state index in [0.717, 1.165) is 72.1 Å². The maximum absolute atomic E-state index is 6.46. The van der Waals surface area contributed by atoms with E-state index in [1.54, 1.807) is 0 Å². The molecule has 0 bridgehead atoms. The highest BCUT2D eigenvalue weighted by Crippen LogP contribution is 2.45. The van der Waals surface area contributed by atoms with Crippen molar-refractivity contribution in [1.29, 1.82) is 0 Å². The number of para-hydroxylation sites is 3. The Morgan fingerprint density at radius 1 is 0.316 bits per heavy atom. The predicted octanol–water partition coefficient (Wildman–Crippen LogP) is 13.0. The molecule has 0 N–H and O–H groups in total. The molecule has 4 heterocycles. The SMILES string of the molecule is c1ccc(-c2nc(-c3ccccc3)nc(-c3ccc(-n4c5ccccc5c5ccc6c7ccc8oc9ccccc9c8c7n(-c7ccccc7)c6c54)cc3)n2)cc1. The molecule has 57 heavy (non-hydrogen) atoms. The molecule has 0 aliphatic carbocycles. The number of benzene rings is 8. The molecule has 0 aliphatic heterocycles. The molecule has 12 rings (SSSR count). The van der Waals surface area contributed by atoms with Gasteiger partial charge in [0.25, 0.3) is 0 Å². The first-order valence-electron chi connectivity index (χ1n) is 19.1. The molecule has 0 spiro atoms. The van der Waals surface area contributed by atoms with Gasteiger partial charge in [-0.3, -0.25) is 0 Å². The maximum atomic E-state index is 6.46. The molecule has 0 atom stereocenters. The molecule has 266 valence electrons. The van der Waals surface area contributed by atoms with Crippen molar-refractivity contribution in [2.75, 3.05) is 0 Å². The summed E-state index contributed by atoms with van der Waals surface area (Å²) >= 11 is 0. The second-order valence-electron chi connectivity index (χ2n) is 14.4. The minimum atomic E-state index is 0.624. The van der Waals surface area contributed by atoms with Gasteiger partial charge in [0, 0.05) is 55.0 Å². The van der Waals surface area contributed by atoms with Crippen LogP contribution in [0.3, 0.4) is 0 Å². The number of fused-ring (bicyclic) bond motifs is 11. The van der Waals surface area contributed by atoms with Crippen LogP contribution >= 0.6 is 0 Å². The van der Waals surface area contributed by atoms with E-state index >= 15 is 0 Å². The average molecular weight is 730 g/mol. The van der Waals surface area contributed by atoms with Crippen LogP contribution in [0.25, 0.3) is 111 Å². The minimum absolute atomic E-state index is 0.624. The maximum Gasteiger partial charge on any atom is 0.164 e. The highest BCUT2D eigenvalue weighted by atomic mass is 16.3. The number of hydrogen-bond donors (Lipinski definition) is 0. The topological polar surface area (TPSA) is 61.7 Å². The van der Waals surface area contributed by atoms with Gasteiger partial charge in [0.2, 0.25) is 0 Å². The average Bonchev–Trinajstić information content (AvgIpc) is 3.95. The third-order valence-electron chi connectivity index (χ3n) is 11.2. The van der Waals surface area contributed by atoms with E-state index < -0.39 is 0 Å². The van der Waals surface area contributed by atoms with Crippen molar-refractivity contribution in [3.8, 4) is 45.5 Å². The molecular weight excluding hydrogens is 699 g/mol. The summed E-state index contributed by atoms with van der Waals surface area (Å²) in [5.74, 6) is 1.91. The van der Waals surface area contributed by atoms with E-state index in [9.17, 15) is 0 Å². The summed E-state index contributed by atoms with van der Waals surface area (Å²) in [4.78, 5) is 14.9. The number of nitrogens with zero attached hydrogens (tertiary/aromatic N) is 5. The molecule has 0 fully saturated rings. The van der Waals surface area contributed by atoms with Crippen molar-refractivity contribution < 1.29 is 4.42 Å². The molecule has 6 heteroatoms. The normalized spacial score (nSPS) is 11.9. The van der Waals surface area contributed by atoms with Crippen molar-refractivity contribution in [3.63, 3.8) is 0 Å². The Morgan fingerprint density at radius 3 is 1.46 bits per heavy atom. The lowest BCUT2D eigenvalue weighted by Crippen LogP contribution is -2.01. The van der Waals surface area contributed by atoms with Crippen LogP contribution in [0.5, 0.6) is 0 Å². The third-order valence-corrected chi connectivity index (χ3v) is 11.2. The Hall–Kier alpha value is -7.83. The van der Waals surface area contributed by atoms with Gasteiger partial charge in [-0.25, -0.2) is 15.0 Å². The fourth-order valence-corrected chi connectivity index (χ4v) is 8.64. The van der Waals surface area contributed by atoms with E-state index in [-0.39, 0.29) is 0 Å². The van der Waals surface area contributed by atoms with Crippen molar-refractivity contribution in [1.82, 2.24) is 24.1 Å². The molecule has 6 nitrogen and oxygen atoms in total. The van der Waals surface area contributed by atoms with Crippen LogP contribution in [0.2, 0.25) is 0 Å². The Morgan fingerprint density at radius 2 is 0.789 bits per heavy atom. The Bertz CT molecular complexity index is 3430. The number of rotatable bonds is 5. The van der Waals surface area contributed by atoms with Crippen molar-refractivity contribution >= 4 is 65.6 Å². The van der Waals surface area contributed by atoms with Gasteiger partial charge in [-0.05, 0) is 60.7 Å². The summed E-state index contributed by atoms with van der Waals surface area (Å²) in [6.45, 7) is 0. The van der Waals surface area contributed by atoms with Gasteiger partial charge in [0.15, 0.2) is 17.5 Å². The van der Waals surface area contributed by atoms with E-state index in [0.29, 0.717) is 17.5 Å². The molecule has 12 aromatic rings. The molecule has 4 aromatic heterocycles. The summed E-state index contributed by atoms with van der Waals surface area (Å²) in [6, 6.07) is 65.5. The van der Waals surface area contributed by atoms with Gasteiger partial charge in [-0.2, -0.15) is 0 Å². The highest BCUT2D eigenvalue weighted by Gasteiger charge is 2.24. The summed E-state index contributed by atoms with van der Waals surface area (Å²) < 4.78 is 11.3. The zero-order chi connectivity index (χ0) is 37.5. The van der Waals surface area contributed by atoms with Gasteiger partial charge < -0.3 is 13.6 Å². The summed E-state index contributed by atoms with van der Waals surface area (Å²) in [6.07, 6.45) is 0. The van der Waals surface area contributed by atoms with Crippen LogP contribution in [0, 0.1) is 0 Å². The fraction of sp³-hybridized carbons (Fsp3) is 0. The Balaban J connectivity index is 1.13. The van der Waals surface area contributed by atoms with Crippen LogP contribution in [0.4, 0.5) is 0 Å². The van der Waals surface area contributed by atoms with Crippen molar-refractivity contribution in [3.05, 3.63) is 188 Å². The smallest absolute Gasteiger partial charge is 0.164 e. The highest BCUT2D eigenvalue weighted by molar-refractivity contribution is 6.29. The Kier molecular flexibility index (Phi) is 6.83. The zero-order valence-corrected chi connectivity index (χ0v) is 30.5. The zero-order valence-electron chi connectivity index (χ0n) is 30.5. The monoisotopic (exact) mass is 729 g/mol. The molecule has 8 aromatic carbocycles. The Labute approximate surface area is 326 Å². The predicted molar refractivity (Wildman–Crippen MR) is 232 cm³/mol.